The van der Waals surface area contributed by atoms with Gasteiger partial charge in [0.05, 0.1) is 17.1 Å². The minimum absolute atomic E-state index is 0.0145. The Morgan fingerprint density at radius 1 is 1.62 bits per heavy atom. The van der Waals surface area contributed by atoms with E-state index in [1.54, 1.807) is 6.20 Å². The molecule has 0 amide bonds. The van der Waals surface area contributed by atoms with Crippen LogP contribution in [0.1, 0.15) is 13.8 Å². The number of nitrogens with one attached hydrogen (secondary N) is 1. The molecule has 0 aliphatic rings. The van der Waals surface area contributed by atoms with E-state index in [9.17, 15) is 0 Å². The predicted octanol–water partition coefficient (Wildman–Crippen LogP) is 1.49. The van der Waals surface area contributed by atoms with Crippen LogP contribution in [0.5, 0.6) is 0 Å². The normalized spacial score (nSPS) is 12.3. The highest BCUT2D eigenvalue weighted by molar-refractivity contribution is 9.10. The lowest BCUT2D eigenvalue weighted by Gasteiger charge is -2.25. The number of aliphatic hydroxyl groups excluding tert-OH is 1. The first-order valence-corrected chi connectivity index (χ1v) is 5.99. The van der Waals surface area contributed by atoms with Crippen molar-refractivity contribution in [3.63, 3.8) is 0 Å². The fourth-order valence-electron chi connectivity index (χ4n) is 1.18. The van der Waals surface area contributed by atoms with Gasteiger partial charge in [0.1, 0.15) is 5.82 Å². The molecule has 0 aromatic carbocycles. The van der Waals surface area contributed by atoms with E-state index in [1.165, 1.54) is 0 Å². The molecule has 1 atom stereocenters. The van der Waals surface area contributed by atoms with Crippen molar-refractivity contribution in [3.05, 3.63) is 10.7 Å². The van der Waals surface area contributed by atoms with E-state index < -0.39 is 0 Å². The summed E-state index contributed by atoms with van der Waals surface area (Å²) in [4.78, 5) is 10.4. The van der Waals surface area contributed by atoms with Crippen LogP contribution in [0, 0.1) is 0 Å². The second kappa shape index (κ2) is 6.00. The molecule has 0 fully saturated rings. The van der Waals surface area contributed by atoms with Gasteiger partial charge < -0.3 is 15.3 Å². The van der Waals surface area contributed by atoms with Gasteiger partial charge in [0.15, 0.2) is 0 Å². The van der Waals surface area contributed by atoms with Gasteiger partial charge in [-0.1, -0.05) is 0 Å². The molecular weight excluding hydrogens is 272 g/mol. The number of aromatic nitrogens is 2. The zero-order valence-electron chi connectivity index (χ0n) is 9.74. The Bertz CT molecular complexity index is 348. The molecule has 16 heavy (non-hydrogen) atoms. The number of nitrogens with zero attached hydrogens (tertiary/aromatic N) is 3. The monoisotopic (exact) mass is 288 g/mol. The highest BCUT2D eigenvalue weighted by atomic mass is 79.9. The van der Waals surface area contributed by atoms with E-state index in [0.717, 1.165) is 16.8 Å². The van der Waals surface area contributed by atoms with Gasteiger partial charge in [-0.2, -0.15) is 4.98 Å². The van der Waals surface area contributed by atoms with Crippen LogP contribution < -0.4 is 10.2 Å². The molecule has 1 aromatic heterocycles. The van der Waals surface area contributed by atoms with Crippen molar-refractivity contribution in [2.75, 3.05) is 30.4 Å². The second-order valence-electron chi connectivity index (χ2n) is 3.54. The van der Waals surface area contributed by atoms with E-state index in [1.807, 2.05) is 25.8 Å². The van der Waals surface area contributed by atoms with Crippen LogP contribution >= 0.6 is 15.9 Å². The lowest BCUT2D eigenvalue weighted by molar-refractivity contribution is 0.269. The summed E-state index contributed by atoms with van der Waals surface area (Å²) in [5.41, 5.74) is 0. The molecule has 1 unspecified atom stereocenters. The summed E-state index contributed by atoms with van der Waals surface area (Å²) in [6.07, 6.45) is 1.71. The lowest BCUT2D eigenvalue weighted by atomic mass is 10.3. The van der Waals surface area contributed by atoms with E-state index in [-0.39, 0.29) is 12.6 Å². The second-order valence-corrected chi connectivity index (χ2v) is 4.39. The average Bonchev–Trinajstić information content (AvgIpc) is 2.30. The van der Waals surface area contributed by atoms with Crippen LogP contribution in [-0.4, -0.2) is 41.3 Å². The largest absolute Gasteiger partial charge is 0.394 e. The van der Waals surface area contributed by atoms with Gasteiger partial charge in [-0.25, -0.2) is 4.98 Å². The summed E-state index contributed by atoms with van der Waals surface area (Å²) in [5, 5.41) is 12.2. The van der Waals surface area contributed by atoms with Gasteiger partial charge in [-0.3, -0.25) is 0 Å². The van der Waals surface area contributed by atoms with Crippen LogP contribution in [0.3, 0.4) is 0 Å². The van der Waals surface area contributed by atoms with Gasteiger partial charge in [-0.05, 0) is 29.8 Å². The molecule has 1 rings (SSSR count). The van der Waals surface area contributed by atoms with Crippen LogP contribution in [0.15, 0.2) is 10.7 Å². The minimum Gasteiger partial charge on any atom is -0.394 e. The molecule has 0 saturated heterocycles. The van der Waals surface area contributed by atoms with Crippen LogP contribution in [0.4, 0.5) is 11.8 Å². The van der Waals surface area contributed by atoms with Crippen LogP contribution in [0.2, 0.25) is 0 Å². The van der Waals surface area contributed by atoms with Crippen molar-refractivity contribution in [3.8, 4) is 0 Å². The maximum absolute atomic E-state index is 9.11. The summed E-state index contributed by atoms with van der Waals surface area (Å²) in [5.74, 6) is 1.37. The Balaban J connectivity index is 2.96. The number of halogens is 1. The molecule has 2 N–H and O–H groups in total. The van der Waals surface area contributed by atoms with Crippen molar-refractivity contribution in [2.45, 2.75) is 19.9 Å². The molecule has 0 aliphatic heterocycles. The Morgan fingerprint density at radius 3 is 2.88 bits per heavy atom. The fraction of sp³-hybridized carbons (Fsp3) is 0.600. The topological polar surface area (TPSA) is 61.3 Å². The summed E-state index contributed by atoms with van der Waals surface area (Å²) in [7, 11) is 1.89. The van der Waals surface area contributed by atoms with E-state index in [0.29, 0.717) is 5.95 Å². The maximum Gasteiger partial charge on any atom is 0.224 e. The third kappa shape index (κ3) is 3.05. The quantitative estimate of drug-likeness (QED) is 0.860. The molecule has 5 nitrogen and oxygen atoms in total. The maximum atomic E-state index is 9.11. The van der Waals surface area contributed by atoms with Gasteiger partial charge in [0, 0.05) is 19.8 Å². The number of hydrogen-bond acceptors (Lipinski definition) is 5. The number of likely N-dealkylation sites (N-methyl/N-ethyl adjacent to an activating group) is 1. The van der Waals surface area contributed by atoms with Crippen molar-refractivity contribution in [1.29, 1.82) is 0 Å². The Labute approximate surface area is 104 Å². The summed E-state index contributed by atoms with van der Waals surface area (Å²) in [6.45, 7) is 4.79. The molecule has 0 spiro atoms. The van der Waals surface area contributed by atoms with Crippen molar-refractivity contribution in [2.24, 2.45) is 0 Å². The van der Waals surface area contributed by atoms with Gasteiger partial charge in [0.25, 0.3) is 0 Å². The molecule has 0 bridgehead atoms. The Kier molecular flexibility index (Phi) is 4.95. The minimum atomic E-state index is 0.0145. The molecule has 1 heterocycles. The zero-order chi connectivity index (χ0) is 12.1. The fourth-order valence-corrected chi connectivity index (χ4v) is 1.65. The number of aliphatic hydroxyl groups is 1. The van der Waals surface area contributed by atoms with Crippen LogP contribution in [-0.2, 0) is 0 Å². The van der Waals surface area contributed by atoms with Gasteiger partial charge >= 0.3 is 0 Å². The smallest absolute Gasteiger partial charge is 0.224 e. The Hall–Kier alpha value is -0.880. The van der Waals surface area contributed by atoms with E-state index in [2.05, 4.69) is 31.2 Å². The average molecular weight is 289 g/mol. The highest BCUT2D eigenvalue weighted by Gasteiger charge is 2.14. The third-order valence-corrected chi connectivity index (χ3v) is 2.88. The van der Waals surface area contributed by atoms with Gasteiger partial charge in [-0.15, -0.1) is 0 Å². The molecule has 0 aliphatic carbocycles. The first-order valence-electron chi connectivity index (χ1n) is 5.20. The van der Waals surface area contributed by atoms with Crippen molar-refractivity contribution in [1.82, 2.24) is 9.97 Å². The summed E-state index contributed by atoms with van der Waals surface area (Å²) in [6, 6.07) is 0.0145. The highest BCUT2D eigenvalue weighted by Crippen LogP contribution is 2.24. The lowest BCUT2D eigenvalue weighted by Crippen LogP contribution is -2.33. The molecule has 1 aromatic rings. The number of anilines is 2. The Morgan fingerprint density at radius 2 is 2.31 bits per heavy atom. The SMILES string of the molecule is CCNc1ncc(Br)c(N(C)C(C)CO)n1. The number of hydrogen-bond donors (Lipinski definition) is 2. The predicted molar refractivity (Wildman–Crippen MR) is 68.8 cm³/mol. The number of rotatable bonds is 5. The summed E-state index contributed by atoms with van der Waals surface area (Å²) >= 11 is 3.40. The summed E-state index contributed by atoms with van der Waals surface area (Å²) < 4.78 is 0.817. The molecule has 0 radical (unpaired) electrons. The standard InChI is InChI=1S/C10H17BrN4O/c1-4-12-10-13-5-8(11)9(14-10)15(3)7(2)6-16/h5,7,16H,4,6H2,1-3H3,(H,12,13,14). The first kappa shape index (κ1) is 13.2. The molecule has 0 saturated carbocycles. The van der Waals surface area contributed by atoms with E-state index >= 15 is 0 Å². The van der Waals surface area contributed by atoms with E-state index in [4.69, 9.17) is 5.11 Å². The van der Waals surface area contributed by atoms with Crippen molar-refractivity contribution >= 4 is 27.7 Å². The molecule has 6 heteroatoms. The third-order valence-electron chi connectivity index (χ3n) is 2.32. The van der Waals surface area contributed by atoms with Crippen molar-refractivity contribution < 1.29 is 5.11 Å². The molecular formula is C10H17BrN4O. The molecule has 90 valence electrons. The van der Waals surface area contributed by atoms with Crippen LogP contribution in [0.25, 0.3) is 0 Å². The van der Waals surface area contributed by atoms with Gasteiger partial charge in [0.2, 0.25) is 5.95 Å². The first-order chi connectivity index (χ1) is 7.60. The zero-order valence-corrected chi connectivity index (χ0v) is 11.3.